The molecule has 0 spiro atoms. The van der Waals surface area contributed by atoms with Gasteiger partial charge in [-0.25, -0.2) is 0 Å². The van der Waals surface area contributed by atoms with Crippen molar-refractivity contribution >= 4 is 89.1 Å². The highest BCUT2D eigenvalue weighted by atomic mass is 35.5. The number of fused-ring (bicyclic) bond motifs is 6. The van der Waals surface area contributed by atoms with Crippen molar-refractivity contribution < 1.29 is 4.42 Å². The van der Waals surface area contributed by atoms with E-state index in [1.165, 1.54) is 60.8 Å². The van der Waals surface area contributed by atoms with Gasteiger partial charge in [-0.2, -0.15) is 0 Å². The summed E-state index contributed by atoms with van der Waals surface area (Å²) < 4.78 is 8.05. The number of nitrogens with zero attached hydrogens (tertiary/aromatic N) is 2. The summed E-state index contributed by atoms with van der Waals surface area (Å²) in [5, 5.41) is 6.48. The quantitative estimate of drug-likeness (QED) is 0.159. The maximum atomic E-state index is 8.02. The molecule has 0 unspecified atom stereocenters. The van der Waals surface area contributed by atoms with Gasteiger partial charge >= 0.3 is 0 Å². The Labute approximate surface area is 394 Å². The highest BCUT2D eigenvalue weighted by Crippen LogP contribution is 2.51. The molecule has 328 valence electrons. The number of aryl methyl sites for hydroxylation is 3. The Morgan fingerprint density at radius 3 is 1.69 bits per heavy atom. The largest absolute Gasteiger partial charge is 0.456 e. The Morgan fingerprint density at radius 1 is 0.508 bits per heavy atom. The molecule has 2 heterocycles. The monoisotopic (exact) mass is 890 g/mol. The third-order valence-electron chi connectivity index (χ3n) is 13.5. The highest BCUT2D eigenvalue weighted by molar-refractivity contribution is 7.17. The van der Waals surface area contributed by atoms with Gasteiger partial charge in [0, 0.05) is 49.4 Å². The van der Waals surface area contributed by atoms with E-state index >= 15 is 0 Å². The van der Waals surface area contributed by atoms with Gasteiger partial charge in [0.15, 0.2) is 0 Å². The van der Waals surface area contributed by atoms with Crippen LogP contribution in [-0.4, -0.2) is 0 Å². The summed E-state index contributed by atoms with van der Waals surface area (Å²) in [5.74, 6) is 0. The molecule has 9 aromatic rings. The zero-order valence-corrected chi connectivity index (χ0v) is 41.1. The van der Waals surface area contributed by atoms with Crippen molar-refractivity contribution in [2.24, 2.45) is 0 Å². The van der Waals surface area contributed by atoms with Gasteiger partial charge in [-0.15, -0.1) is 11.3 Å². The summed E-state index contributed by atoms with van der Waals surface area (Å²) in [7, 11) is 0. The van der Waals surface area contributed by atoms with Crippen molar-refractivity contribution in [1.29, 1.82) is 0 Å². The van der Waals surface area contributed by atoms with Gasteiger partial charge in [0.2, 0.25) is 0 Å². The van der Waals surface area contributed by atoms with E-state index in [-0.39, 0.29) is 16.2 Å². The minimum Gasteiger partial charge on any atom is -0.456 e. The summed E-state index contributed by atoms with van der Waals surface area (Å²) >= 11 is 9.79. The van der Waals surface area contributed by atoms with Gasteiger partial charge in [-0.1, -0.05) is 141 Å². The van der Waals surface area contributed by atoms with Crippen LogP contribution >= 0.6 is 22.9 Å². The van der Waals surface area contributed by atoms with E-state index in [0.29, 0.717) is 5.02 Å². The predicted octanol–water partition coefficient (Wildman–Crippen LogP) is 18.8. The van der Waals surface area contributed by atoms with Gasteiger partial charge in [0.25, 0.3) is 0 Å². The first-order valence-corrected chi connectivity index (χ1v) is 24.4. The van der Waals surface area contributed by atoms with E-state index in [1.54, 1.807) is 11.3 Å². The molecule has 0 fully saturated rings. The molecule has 0 atom stereocenters. The average Bonchev–Trinajstić information content (AvgIpc) is 4.02. The number of thiophene rings is 1. The average molecular weight is 892 g/mol. The van der Waals surface area contributed by atoms with Crippen molar-refractivity contribution in [1.82, 2.24) is 0 Å². The first kappa shape index (κ1) is 43.1. The lowest BCUT2D eigenvalue weighted by atomic mass is 9.86. The molecule has 1 aliphatic carbocycles. The fourth-order valence-corrected chi connectivity index (χ4v) is 10.8. The summed E-state index contributed by atoms with van der Waals surface area (Å²) in [4.78, 5) is 4.69. The molecule has 7 aromatic carbocycles. The summed E-state index contributed by atoms with van der Waals surface area (Å²) in [5.41, 5.74) is 18.1. The number of halogens is 1. The van der Waals surface area contributed by atoms with Crippen LogP contribution in [0.2, 0.25) is 5.02 Å². The van der Waals surface area contributed by atoms with Crippen LogP contribution in [0.25, 0.3) is 43.2 Å². The third-order valence-corrected chi connectivity index (χ3v) is 14.8. The van der Waals surface area contributed by atoms with Crippen LogP contribution in [0.4, 0.5) is 34.1 Å². The Hall–Kier alpha value is -5.81. The lowest BCUT2D eigenvalue weighted by Crippen LogP contribution is -2.16. The lowest BCUT2D eigenvalue weighted by Gasteiger charge is -2.32. The number of rotatable bonds is 7. The molecule has 3 nitrogen and oxygen atoms in total. The molecule has 1 aliphatic rings. The summed E-state index contributed by atoms with van der Waals surface area (Å²) in [6.45, 7) is 22.6. The molecule has 0 saturated carbocycles. The SMILES string of the molecule is Cc1cc(N(c2ccc(C(C)(C)C)cc2)c2ccc3c(c2)oc2c4c(ccc23)CCC4)c(Cl)c(N(c2ccc(-c3ccc(C(C)(C)C)cc3)cc2)c2csc3ccc(C(C)(C)C)cc23)c1. The van der Waals surface area contributed by atoms with Crippen LogP contribution in [0.3, 0.4) is 0 Å². The zero-order valence-electron chi connectivity index (χ0n) is 39.5. The minimum absolute atomic E-state index is 0.00699. The second-order valence-electron chi connectivity index (χ2n) is 21.3. The van der Waals surface area contributed by atoms with Crippen molar-refractivity contribution in [3.63, 3.8) is 0 Å². The topological polar surface area (TPSA) is 19.6 Å². The summed E-state index contributed by atoms with van der Waals surface area (Å²) in [6, 6.07) is 49.6. The fourth-order valence-electron chi connectivity index (χ4n) is 9.65. The molecule has 0 bridgehead atoms. The fraction of sp³-hybridized carbons (Fsp3) is 0.267. The van der Waals surface area contributed by atoms with Crippen LogP contribution < -0.4 is 9.80 Å². The van der Waals surface area contributed by atoms with Gasteiger partial charge < -0.3 is 14.2 Å². The van der Waals surface area contributed by atoms with E-state index < -0.39 is 0 Å². The van der Waals surface area contributed by atoms with Gasteiger partial charge in [-0.3, -0.25) is 0 Å². The second kappa shape index (κ2) is 16.0. The number of hydrogen-bond acceptors (Lipinski definition) is 4. The molecule has 2 aromatic heterocycles. The first-order valence-electron chi connectivity index (χ1n) is 23.1. The van der Waals surface area contributed by atoms with Crippen LogP contribution in [0.5, 0.6) is 0 Å². The van der Waals surface area contributed by atoms with E-state index in [9.17, 15) is 0 Å². The molecule has 0 amide bonds. The Balaban J connectivity index is 1.16. The van der Waals surface area contributed by atoms with E-state index in [1.807, 2.05) is 0 Å². The normalized spacial score (nSPS) is 13.3. The number of hydrogen-bond donors (Lipinski definition) is 0. The van der Waals surface area contributed by atoms with Crippen molar-refractivity contribution in [2.75, 3.05) is 9.80 Å². The van der Waals surface area contributed by atoms with Gasteiger partial charge in [0.05, 0.1) is 22.1 Å². The minimum atomic E-state index is -0.0133. The molecule has 5 heteroatoms. The van der Waals surface area contributed by atoms with Crippen LogP contribution in [-0.2, 0) is 29.1 Å². The Morgan fingerprint density at radius 2 is 1.05 bits per heavy atom. The van der Waals surface area contributed by atoms with E-state index in [4.69, 9.17) is 16.0 Å². The van der Waals surface area contributed by atoms with Crippen molar-refractivity contribution in [3.05, 3.63) is 177 Å². The van der Waals surface area contributed by atoms with Gasteiger partial charge in [-0.05, 0) is 148 Å². The Bertz CT molecular complexity index is 3240. The Kier molecular flexibility index (Phi) is 10.6. The predicted molar refractivity (Wildman–Crippen MR) is 282 cm³/mol. The zero-order chi connectivity index (χ0) is 45.6. The first-order chi connectivity index (χ1) is 30.9. The summed E-state index contributed by atoms with van der Waals surface area (Å²) in [6.07, 6.45) is 3.36. The van der Waals surface area contributed by atoms with Crippen LogP contribution in [0, 0.1) is 6.92 Å². The third kappa shape index (κ3) is 7.93. The van der Waals surface area contributed by atoms with E-state index in [0.717, 1.165) is 69.1 Å². The molecule has 0 aliphatic heterocycles. The molecular formula is C60H59ClN2OS. The molecule has 10 rings (SSSR count). The lowest BCUT2D eigenvalue weighted by molar-refractivity contribution is 0.590. The standard InChI is InChI=1S/C60H59ClN2OS/c1-37-32-51(62(44-26-21-42(22-27-44)59(5,6)7)46-28-30-48-49-29-18-40-12-11-13-47(40)57(49)64-54(48)35-46)56(61)52(33-37)63(53-36-65-55-31-23-43(34-50(53)55)60(8,9)10)45-24-16-39(17-25-45)38-14-19-41(20-15-38)58(2,3)4/h14-36H,11-13H2,1-10H3. The van der Waals surface area contributed by atoms with Crippen molar-refractivity contribution in [2.45, 2.75) is 105 Å². The molecule has 0 radical (unpaired) electrons. The number of furan rings is 1. The van der Waals surface area contributed by atoms with Crippen LogP contribution in [0.15, 0.2) is 143 Å². The number of benzene rings is 7. The van der Waals surface area contributed by atoms with Crippen LogP contribution in [0.1, 0.15) is 102 Å². The molecule has 65 heavy (non-hydrogen) atoms. The maximum Gasteiger partial charge on any atom is 0.138 e. The second-order valence-corrected chi connectivity index (χ2v) is 22.5. The smallest absolute Gasteiger partial charge is 0.138 e. The number of anilines is 6. The van der Waals surface area contributed by atoms with E-state index in [2.05, 4.69) is 218 Å². The van der Waals surface area contributed by atoms with Gasteiger partial charge in [0.1, 0.15) is 11.2 Å². The molecule has 0 N–H and O–H groups in total. The maximum absolute atomic E-state index is 8.02. The van der Waals surface area contributed by atoms with Crippen molar-refractivity contribution in [3.8, 4) is 11.1 Å². The molecule has 0 saturated heterocycles. The molecular weight excluding hydrogens is 832 g/mol. The highest BCUT2D eigenvalue weighted by Gasteiger charge is 2.27.